The van der Waals surface area contributed by atoms with Gasteiger partial charge in [-0.2, -0.15) is 0 Å². The Morgan fingerprint density at radius 3 is 1.68 bits per heavy atom. The first-order valence-electron chi connectivity index (χ1n) is 14.7. The Hall–Kier alpha value is -4.10. The van der Waals surface area contributed by atoms with E-state index in [9.17, 15) is 0 Å². The first-order valence-corrected chi connectivity index (χ1v) is 14.7. The maximum Gasteiger partial charge on any atom is 0.0748 e. The van der Waals surface area contributed by atoms with Crippen molar-refractivity contribution in [3.05, 3.63) is 159 Å². The summed E-state index contributed by atoms with van der Waals surface area (Å²) in [6.07, 6.45) is 0. The van der Waals surface area contributed by atoms with E-state index in [2.05, 4.69) is 143 Å². The van der Waals surface area contributed by atoms with Gasteiger partial charge in [0, 0.05) is 16.7 Å². The van der Waals surface area contributed by atoms with Crippen LogP contribution in [0.5, 0.6) is 0 Å². The average Bonchev–Trinajstić information content (AvgIpc) is 2.98. The summed E-state index contributed by atoms with van der Waals surface area (Å²) in [4.78, 5) is 2.70. The third kappa shape index (κ3) is 2.24. The summed E-state index contributed by atoms with van der Waals surface area (Å²) in [5.74, 6) is 0.319. The van der Waals surface area contributed by atoms with E-state index in [0.717, 1.165) is 0 Å². The molecule has 0 aromatic heterocycles. The highest BCUT2D eigenvalue weighted by Crippen LogP contribution is 2.70. The number of rotatable bonds is 1. The van der Waals surface area contributed by atoms with Crippen LogP contribution in [0.4, 0.5) is 17.1 Å². The van der Waals surface area contributed by atoms with E-state index in [-0.39, 0.29) is 16.2 Å². The summed E-state index contributed by atoms with van der Waals surface area (Å²) in [5, 5.41) is 0. The van der Waals surface area contributed by atoms with Gasteiger partial charge in [-0.3, -0.25) is 0 Å². The summed E-state index contributed by atoms with van der Waals surface area (Å²) in [5.41, 5.74) is 17.9. The molecule has 194 valence electrons. The molecule has 0 spiro atoms. The lowest BCUT2D eigenvalue weighted by molar-refractivity contribution is 0.574. The Balaban J connectivity index is 1.59. The van der Waals surface area contributed by atoms with Crippen LogP contribution in [-0.4, -0.2) is 0 Å². The lowest BCUT2D eigenvalue weighted by atomic mass is 9.52. The van der Waals surface area contributed by atoms with E-state index < -0.39 is 0 Å². The summed E-state index contributed by atoms with van der Waals surface area (Å²) in [6.45, 7) is 12.1. The minimum Gasteiger partial charge on any atom is -0.309 e. The highest BCUT2D eigenvalue weighted by molar-refractivity contribution is 6.01. The van der Waals surface area contributed by atoms with Crippen molar-refractivity contribution in [2.45, 2.75) is 56.8 Å². The fourth-order valence-electron chi connectivity index (χ4n) is 9.05. The van der Waals surface area contributed by atoms with Crippen LogP contribution in [0.3, 0.4) is 0 Å². The maximum atomic E-state index is 2.70. The molecule has 4 aliphatic rings. The molecule has 1 heteroatoms. The number of hydrogen-bond acceptors (Lipinski definition) is 1. The second-order valence-electron chi connectivity index (χ2n) is 13.3. The van der Waals surface area contributed by atoms with Crippen LogP contribution >= 0.6 is 0 Å². The summed E-state index contributed by atoms with van der Waals surface area (Å²) in [6, 6.07) is 39.7. The number of para-hydroxylation sites is 2. The standard InChI is InChI=1S/C39H33N/c1-23-25-15-9-10-16-27(25)39(24-13-7-6-8-14-24)32-20-12-19-30-35(32)40-34-28(37(30,2)3)17-11-18-29(34)38(4,5)31-22-21-26(23)33(39)36(31)40/h6-23H,1-5H3. The van der Waals surface area contributed by atoms with Gasteiger partial charge in [0.05, 0.1) is 22.5 Å². The molecular weight excluding hydrogens is 482 g/mol. The second-order valence-corrected chi connectivity index (χ2v) is 13.3. The largest absolute Gasteiger partial charge is 0.309 e. The van der Waals surface area contributed by atoms with Gasteiger partial charge in [-0.25, -0.2) is 0 Å². The molecule has 0 radical (unpaired) electrons. The van der Waals surface area contributed by atoms with Crippen molar-refractivity contribution < 1.29 is 0 Å². The highest BCUT2D eigenvalue weighted by atomic mass is 15.2. The van der Waals surface area contributed by atoms with Crippen LogP contribution in [0.15, 0.2) is 103 Å². The van der Waals surface area contributed by atoms with Gasteiger partial charge in [0.2, 0.25) is 0 Å². The number of hydrogen-bond donors (Lipinski definition) is 0. The highest BCUT2D eigenvalue weighted by Gasteiger charge is 2.57. The molecule has 5 aromatic carbocycles. The SMILES string of the molecule is CC1c2ccccc2C2(c3ccccc3)c3cccc4c3N3c5c(cccc5C(C)(C)c5ccc1c2c53)C4(C)C. The van der Waals surface area contributed by atoms with Gasteiger partial charge < -0.3 is 4.90 Å². The zero-order valence-corrected chi connectivity index (χ0v) is 23.8. The van der Waals surface area contributed by atoms with Crippen molar-refractivity contribution in [1.29, 1.82) is 0 Å². The normalized spacial score (nSPS) is 22.8. The van der Waals surface area contributed by atoms with E-state index in [1.807, 2.05) is 0 Å². The average molecular weight is 516 g/mol. The zero-order chi connectivity index (χ0) is 27.2. The minimum atomic E-state index is -0.386. The molecule has 0 saturated heterocycles. The molecule has 2 atom stereocenters. The van der Waals surface area contributed by atoms with Crippen LogP contribution in [0.2, 0.25) is 0 Å². The molecule has 0 amide bonds. The molecule has 0 N–H and O–H groups in total. The van der Waals surface area contributed by atoms with Crippen molar-refractivity contribution in [2.24, 2.45) is 0 Å². The zero-order valence-electron chi connectivity index (χ0n) is 23.8. The third-order valence-electron chi connectivity index (χ3n) is 10.9. The second kappa shape index (κ2) is 6.96. The summed E-state index contributed by atoms with van der Waals surface area (Å²) < 4.78 is 0. The van der Waals surface area contributed by atoms with Gasteiger partial charge in [-0.05, 0) is 55.6 Å². The van der Waals surface area contributed by atoms with Crippen molar-refractivity contribution in [1.82, 2.24) is 0 Å². The lowest BCUT2D eigenvalue weighted by Crippen LogP contribution is -2.48. The van der Waals surface area contributed by atoms with Gasteiger partial charge in [-0.1, -0.05) is 138 Å². The number of benzene rings is 5. The fraction of sp³-hybridized carbons (Fsp3) is 0.231. The van der Waals surface area contributed by atoms with Gasteiger partial charge in [0.25, 0.3) is 0 Å². The van der Waals surface area contributed by atoms with Gasteiger partial charge in [0.1, 0.15) is 0 Å². The molecule has 9 rings (SSSR count). The van der Waals surface area contributed by atoms with E-state index in [4.69, 9.17) is 0 Å². The third-order valence-corrected chi connectivity index (χ3v) is 10.9. The monoisotopic (exact) mass is 515 g/mol. The summed E-state index contributed by atoms with van der Waals surface area (Å²) in [7, 11) is 0. The minimum absolute atomic E-state index is 0.116. The van der Waals surface area contributed by atoms with E-state index >= 15 is 0 Å². The van der Waals surface area contributed by atoms with Crippen LogP contribution in [0, 0.1) is 0 Å². The van der Waals surface area contributed by atoms with E-state index in [0.29, 0.717) is 5.92 Å². The number of nitrogens with zero attached hydrogens (tertiary/aromatic N) is 1. The number of fused-ring (bicyclic) bond motifs is 3. The number of anilines is 3. The molecular formula is C39H33N. The molecule has 1 nitrogen and oxygen atoms in total. The van der Waals surface area contributed by atoms with Crippen molar-refractivity contribution >= 4 is 17.1 Å². The van der Waals surface area contributed by atoms with Gasteiger partial charge in [-0.15, -0.1) is 0 Å². The Morgan fingerprint density at radius 2 is 1.00 bits per heavy atom. The lowest BCUT2D eigenvalue weighted by Gasteiger charge is -2.58. The molecule has 0 fully saturated rings. The van der Waals surface area contributed by atoms with Crippen molar-refractivity contribution in [3.63, 3.8) is 0 Å². The van der Waals surface area contributed by atoms with Crippen LogP contribution in [0.1, 0.15) is 96.2 Å². The quantitative estimate of drug-likeness (QED) is 0.211. The van der Waals surface area contributed by atoms with Crippen LogP contribution in [0.25, 0.3) is 0 Å². The molecule has 0 saturated carbocycles. The maximum absolute atomic E-state index is 2.70. The molecule has 3 heterocycles. The fourth-order valence-corrected chi connectivity index (χ4v) is 9.05. The Bertz CT molecular complexity index is 1910. The topological polar surface area (TPSA) is 3.24 Å². The van der Waals surface area contributed by atoms with E-state index in [1.54, 1.807) is 0 Å². The predicted molar refractivity (Wildman–Crippen MR) is 165 cm³/mol. The smallest absolute Gasteiger partial charge is 0.0748 e. The van der Waals surface area contributed by atoms with Crippen molar-refractivity contribution in [2.75, 3.05) is 4.90 Å². The molecule has 2 unspecified atom stereocenters. The van der Waals surface area contributed by atoms with Crippen LogP contribution < -0.4 is 4.90 Å². The molecule has 40 heavy (non-hydrogen) atoms. The van der Waals surface area contributed by atoms with Gasteiger partial charge >= 0.3 is 0 Å². The van der Waals surface area contributed by atoms with Crippen molar-refractivity contribution in [3.8, 4) is 0 Å². The predicted octanol–water partition coefficient (Wildman–Crippen LogP) is 9.60. The summed E-state index contributed by atoms with van der Waals surface area (Å²) >= 11 is 0. The Kier molecular flexibility index (Phi) is 3.95. The first-order chi connectivity index (χ1) is 19.3. The molecule has 5 aromatic rings. The Morgan fingerprint density at radius 1 is 0.475 bits per heavy atom. The molecule has 1 aliphatic carbocycles. The Labute approximate surface area is 237 Å². The molecule has 3 aliphatic heterocycles. The first kappa shape index (κ1) is 22.7. The molecule has 0 bridgehead atoms. The van der Waals surface area contributed by atoms with E-state index in [1.165, 1.54) is 72.7 Å². The van der Waals surface area contributed by atoms with Gasteiger partial charge in [0.15, 0.2) is 0 Å². The van der Waals surface area contributed by atoms with Crippen LogP contribution in [-0.2, 0) is 16.2 Å².